The Morgan fingerprint density at radius 3 is 2.48 bits per heavy atom. The van der Waals surface area contributed by atoms with E-state index in [1.165, 1.54) is 17.4 Å². The number of methoxy groups -OCH3 is 1. The normalized spacial score (nSPS) is 10.8. The molecule has 0 radical (unpaired) electrons. The van der Waals surface area contributed by atoms with Gasteiger partial charge in [-0.15, -0.1) is 11.3 Å². The van der Waals surface area contributed by atoms with Gasteiger partial charge < -0.3 is 19.5 Å². The van der Waals surface area contributed by atoms with Crippen molar-refractivity contribution in [2.45, 2.75) is 6.92 Å². The number of benzene rings is 2. The Hall–Kier alpha value is -3.42. The van der Waals surface area contributed by atoms with Crippen LogP contribution in [0.25, 0.3) is 16.5 Å². The highest BCUT2D eigenvalue weighted by molar-refractivity contribution is 7.20. The Labute approximate surface area is 185 Å². The maximum absolute atomic E-state index is 12.5. The predicted octanol–water partition coefficient (Wildman–Crippen LogP) is 5.23. The van der Waals surface area contributed by atoms with E-state index in [1.54, 1.807) is 38.3 Å². The molecule has 2 aromatic carbocycles. The van der Waals surface area contributed by atoms with Crippen LogP contribution in [-0.2, 0) is 14.3 Å². The molecule has 1 N–H and O–H groups in total. The Kier molecular flexibility index (Phi) is 7.98. The van der Waals surface area contributed by atoms with Crippen molar-refractivity contribution in [3.8, 4) is 16.2 Å². The lowest BCUT2D eigenvalue weighted by atomic mass is 10.1. The van der Waals surface area contributed by atoms with E-state index in [9.17, 15) is 9.59 Å². The summed E-state index contributed by atoms with van der Waals surface area (Å²) < 4.78 is 15.3. The van der Waals surface area contributed by atoms with Crippen molar-refractivity contribution >= 4 is 34.3 Å². The van der Waals surface area contributed by atoms with Crippen LogP contribution in [-0.4, -0.2) is 32.4 Å². The smallest absolute Gasteiger partial charge is 0.341 e. The largest absolute Gasteiger partial charge is 0.468 e. The lowest BCUT2D eigenvalue weighted by Gasteiger charge is -2.05. The monoisotopic (exact) mass is 437 g/mol. The van der Waals surface area contributed by atoms with E-state index in [2.05, 4.69) is 5.32 Å². The lowest BCUT2D eigenvalue weighted by Crippen LogP contribution is -2.11. The maximum atomic E-state index is 12.5. The van der Waals surface area contributed by atoms with Crippen molar-refractivity contribution in [1.29, 1.82) is 0 Å². The summed E-state index contributed by atoms with van der Waals surface area (Å²) >= 11 is 1.33. The molecule has 0 bridgehead atoms. The first-order chi connectivity index (χ1) is 15.1. The fourth-order valence-corrected chi connectivity index (χ4v) is 3.77. The molecule has 7 heteroatoms. The second-order valence-electron chi connectivity index (χ2n) is 6.38. The van der Waals surface area contributed by atoms with Crippen molar-refractivity contribution in [3.63, 3.8) is 0 Å². The fraction of sp³-hybridized carbons (Fsp3) is 0.167. The van der Waals surface area contributed by atoms with Gasteiger partial charge in [-0.1, -0.05) is 42.5 Å². The van der Waals surface area contributed by atoms with Crippen molar-refractivity contribution in [3.05, 3.63) is 77.9 Å². The Bertz CT molecular complexity index is 1040. The molecule has 0 saturated carbocycles. The number of anilines is 1. The summed E-state index contributed by atoms with van der Waals surface area (Å²) in [6, 6.07) is 18.7. The van der Waals surface area contributed by atoms with Gasteiger partial charge >= 0.3 is 5.97 Å². The highest BCUT2D eigenvalue weighted by atomic mass is 32.1. The van der Waals surface area contributed by atoms with E-state index < -0.39 is 5.97 Å². The van der Waals surface area contributed by atoms with Crippen LogP contribution >= 0.6 is 11.3 Å². The molecular weight excluding hydrogens is 414 g/mol. The number of ether oxygens (including phenoxy) is 3. The van der Waals surface area contributed by atoms with E-state index in [4.69, 9.17) is 14.2 Å². The SMILES string of the molecule is CCOC(=O)c1cc(-c2ccccc2)sc1NC(=O)/C=C/c1ccc(OCOC)cc1. The van der Waals surface area contributed by atoms with Gasteiger partial charge in [-0.05, 0) is 42.3 Å². The van der Waals surface area contributed by atoms with Crippen molar-refractivity contribution in [2.24, 2.45) is 0 Å². The summed E-state index contributed by atoms with van der Waals surface area (Å²) in [7, 11) is 1.56. The summed E-state index contributed by atoms with van der Waals surface area (Å²) in [4.78, 5) is 25.7. The second-order valence-corrected chi connectivity index (χ2v) is 7.43. The third kappa shape index (κ3) is 6.28. The minimum atomic E-state index is -0.466. The maximum Gasteiger partial charge on any atom is 0.341 e. The molecule has 0 aliphatic heterocycles. The zero-order valence-electron chi connectivity index (χ0n) is 17.3. The minimum absolute atomic E-state index is 0.173. The van der Waals surface area contributed by atoms with Crippen molar-refractivity contribution in [2.75, 3.05) is 25.8 Å². The molecule has 1 heterocycles. The van der Waals surface area contributed by atoms with Gasteiger partial charge in [0.1, 0.15) is 10.8 Å². The van der Waals surface area contributed by atoms with Crippen molar-refractivity contribution < 1.29 is 23.8 Å². The van der Waals surface area contributed by atoms with Crippen LogP contribution in [0, 0.1) is 0 Å². The van der Waals surface area contributed by atoms with Gasteiger partial charge in [0.05, 0.1) is 12.2 Å². The minimum Gasteiger partial charge on any atom is -0.468 e. The zero-order valence-corrected chi connectivity index (χ0v) is 18.1. The van der Waals surface area contributed by atoms with Crippen molar-refractivity contribution in [1.82, 2.24) is 0 Å². The molecule has 0 aliphatic carbocycles. The standard InChI is InChI=1S/C24H23NO5S/c1-3-29-24(27)20-15-21(18-7-5-4-6-8-18)31-23(20)25-22(26)14-11-17-9-12-19(13-10-17)30-16-28-2/h4-15H,3,16H2,1-2H3,(H,25,26)/b14-11+. The number of rotatable bonds is 9. The topological polar surface area (TPSA) is 73.9 Å². The van der Waals surface area contributed by atoms with Crippen LogP contribution in [0.1, 0.15) is 22.8 Å². The van der Waals surface area contributed by atoms with Gasteiger partial charge in [0, 0.05) is 18.1 Å². The van der Waals surface area contributed by atoms with Crippen LogP contribution in [0.2, 0.25) is 0 Å². The first kappa shape index (κ1) is 22.3. The molecule has 0 saturated heterocycles. The highest BCUT2D eigenvalue weighted by Crippen LogP contribution is 2.36. The van der Waals surface area contributed by atoms with Gasteiger partial charge in [-0.25, -0.2) is 4.79 Å². The Morgan fingerprint density at radius 1 is 1.06 bits per heavy atom. The number of thiophene rings is 1. The molecule has 3 rings (SSSR count). The number of carbonyl (C=O) groups is 2. The summed E-state index contributed by atoms with van der Waals surface area (Å²) in [5, 5.41) is 3.25. The van der Waals surface area contributed by atoms with Gasteiger partial charge in [0.15, 0.2) is 6.79 Å². The van der Waals surface area contributed by atoms with Gasteiger partial charge in [0.2, 0.25) is 5.91 Å². The molecule has 0 atom stereocenters. The molecule has 0 fully saturated rings. The fourth-order valence-electron chi connectivity index (χ4n) is 2.72. The van der Waals surface area contributed by atoms with Crippen LogP contribution in [0.3, 0.4) is 0 Å². The molecule has 0 spiro atoms. The summed E-state index contributed by atoms with van der Waals surface area (Å²) in [5.74, 6) is -0.131. The Morgan fingerprint density at radius 2 is 1.81 bits per heavy atom. The third-order valence-electron chi connectivity index (χ3n) is 4.17. The molecule has 1 amide bonds. The summed E-state index contributed by atoms with van der Waals surface area (Å²) in [6.07, 6.45) is 3.10. The second kappa shape index (κ2) is 11.1. The van der Waals surface area contributed by atoms with Crippen LogP contribution in [0.4, 0.5) is 5.00 Å². The molecule has 160 valence electrons. The van der Waals surface area contributed by atoms with Gasteiger partial charge in [-0.2, -0.15) is 0 Å². The number of amides is 1. The third-order valence-corrected chi connectivity index (χ3v) is 5.27. The first-order valence-corrected chi connectivity index (χ1v) is 10.5. The number of carbonyl (C=O) groups excluding carboxylic acids is 2. The number of hydrogen-bond donors (Lipinski definition) is 1. The molecule has 31 heavy (non-hydrogen) atoms. The van der Waals surface area contributed by atoms with E-state index >= 15 is 0 Å². The molecule has 3 aromatic rings. The van der Waals surface area contributed by atoms with E-state index in [0.29, 0.717) is 16.3 Å². The van der Waals surface area contributed by atoms with E-state index in [-0.39, 0.29) is 19.3 Å². The first-order valence-electron chi connectivity index (χ1n) is 9.68. The number of nitrogens with one attached hydrogen (secondary N) is 1. The number of hydrogen-bond acceptors (Lipinski definition) is 6. The van der Waals surface area contributed by atoms with Crippen LogP contribution in [0.15, 0.2) is 66.7 Å². The highest BCUT2D eigenvalue weighted by Gasteiger charge is 2.19. The number of esters is 1. The molecule has 0 unspecified atom stereocenters. The quantitative estimate of drug-likeness (QED) is 0.282. The summed E-state index contributed by atoms with van der Waals surface area (Å²) in [6.45, 7) is 2.17. The molecule has 0 aliphatic rings. The van der Waals surface area contributed by atoms with E-state index in [0.717, 1.165) is 16.0 Å². The van der Waals surface area contributed by atoms with E-state index in [1.807, 2.05) is 42.5 Å². The van der Waals surface area contributed by atoms with Crippen LogP contribution in [0.5, 0.6) is 5.75 Å². The Balaban J connectivity index is 1.74. The molecular formula is C24H23NO5S. The van der Waals surface area contributed by atoms with Crippen LogP contribution < -0.4 is 10.1 Å². The average molecular weight is 438 g/mol. The zero-order chi connectivity index (χ0) is 22.1. The predicted molar refractivity (Wildman–Crippen MR) is 122 cm³/mol. The molecule has 6 nitrogen and oxygen atoms in total. The van der Waals surface area contributed by atoms with Gasteiger partial charge in [-0.3, -0.25) is 4.79 Å². The average Bonchev–Trinajstić information content (AvgIpc) is 3.21. The summed E-state index contributed by atoms with van der Waals surface area (Å²) in [5.41, 5.74) is 2.14. The molecule has 1 aromatic heterocycles. The van der Waals surface area contributed by atoms with Gasteiger partial charge in [0.25, 0.3) is 0 Å². The lowest BCUT2D eigenvalue weighted by molar-refractivity contribution is -0.111.